The molecule has 4 aromatic rings. The highest BCUT2D eigenvalue weighted by Gasteiger charge is 2.17. The number of esters is 1. The number of rotatable bonds is 5. The van der Waals surface area contributed by atoms with Crippen LogP contribution in [0.3, 0.4) is 0 Å². The van der Waals surface area contributed by atoms with Crippen molar-refractivity contribution >= 4 is 66.8 Å². The van der Waals surface area contributed by atoms with E-state index in [-0.39, 0.29) is 56.2 Å². The van der Waals surface area contributed by atoms with Crippen LogP contribution in [0.15, 0.2) is 46.5 Å². The maximum absolute atomic E-state index is 12.3. The number of halogens is 2. The molecule has 13 heteroatoms. The Kier molecular flexibility index (Phi) is 12.0. The van der Waals surface area contributed by atoms with E-state index in [1.807, 2.05) is 13.8 Å². The number of carbonyl (C=O) groups is 2. The Balaban J connectivity index is 0.000000363. The molecule has 0 aromatic carbocycles. The highest BCUT2D eigenvalue weighted by atomic mass is 35.5. The van der Waals surface area contributed by atoms with Gasteiger partial charge in [0, 0.05) is 25.5 Å². The number of aryl methyl sites for hydroxylation is 2. The minimum Gasteiger partial charge on any atom is -0.477 e. The molecule has 0 saturated heterocycles. The summed E-state index contributed by atoms with van der Waals surface area (Å²) in [5.74, 6) is -1.86. The second-order valence-electron chi connectivity index (χ2n) is 7.39. The van der Waals surface area contributed by atoms with Crippen molar-refractivity contribution < 1.29 is 19.4 Å². The van der Waals surface area contributed by atoms with Gasteiger partial charge in [-0.15, -0.1) is 0 Å². The molecule has 0 aliphatic carbocycles. The van der Waals surface area contributed by atoms with Gasteiger partial charge < -0.3 is 19.0 Å². The van der Waals surface area contributed by atoms with Gasteiger partial charge in [0.1, 0.15) is 21.4 Å². The first-order chi connectivity index (χ1) is 17.1. The molecule has 0 radical (unpaired) electrons. The number of hydrogen-bond acceptors (Lipinski definition) is 7. The fraction of sp³-hybridized carbons (Fsp3) is 0.280. The lowest BCUT2D eigenvalue weighted by molar-refractivity contribution is 0.0523. The van der Waals surface area contributed by atoms with Crippen molar-refractivity contribution in [3.05, 3.63) is 78.8 Å². The molecule has 1 N–H and O–H groups in total. The predicted molar refractivity (Wildman–Crippen MR) is 154 cm³/mol. The van der Waals surface area contributed by atoms with Crippen LogP contribution in [-0.4, -0.2) is 42.8 Å². The van der Waals surface area contributed by atoms with E-state index in [4.69, 9.17) is 33.0 Å². The molecular weight excluding hydrogens is 554 g/mol. The monoisotopic (exact) mass is 582 g/mol. The number of aromatic carboxylic acids is 1. The lowest BCUT2D eigenvalue weighted by Crippen LogP contribution is -2.20. The molecule has 1 unspecified atom stereocenters. The first kappa shape index (κ1) is 32.7. The molecule has 4 aromatic heterocycles. The third kappa shape index (κ3) is 6.75. The number of carboxylic acids is 1. The summed E-state index contributed by atoms with van der Waals surface area (Å²) >= 11 is 11.5. The smallest absolute Gasteiger partial charge is 0.343 e. The average Bonchev–Trinajstić information content (AvgIpc) is 2.85. The number of carboxylic acid groups (broad SMARTS) is 1. The molecule has 0 aliphatic heterocycles. The quantitative estimate of drug-likeness (QED) is 0.203. The maximum atomic E-state index is 12.3. The van der Waals surface area contributed by atoms with Crippen molar-refractivity contribution in [2.24, 2.45) is 0 Å². The summed E-state index contributed by atoms with van der Waals surface area (Å²) in [6, 6.07) is 2.85. The van der Waals surface area contributed by atoms with Crippen LogP contribution in [0.1, 0.15) is 48.9 Å². The largest absolute Gasteiger partial charge is 0.477 e. The second kappa shape index (κ2) is 14.0. The zero-order valence-electron chi connectivity index (χ0n) is 20.3. The van der Waals surface area contributed by atoms with Gasteiger partial charge in [-0.25, -0.2) is 19.6 Å². The van der Waals surface area contributed by atoms with Gasteiger partial charge in [0.15, 0.2) is 0 Å². The highest BCUT2D eigenvalue weighted by molar-refractivity contribution is 6.92. The first-order valence-corrected chi connectivity index (χ1v) is 11.7. The summed E-state index contributed by atoms with van der Waals surface area (Å²) in [4.78, 5) is 54.8. The van der Waals surface area contributed by atoms with E-state index in [0.29, 0.717) is 29.5 Å². The van der Waals surface area contributed by atoms with E-state index in [1.165, 1.54) is 36.9 Å². The van der Waals surface area contributed by atoms with Gasteiger partial charge >= 0.3 is 11.9 Å². The van der Waals surface area contributed by atoms with E-state index < -0.39 is 17.4 Å². The molecular formula is C25H29Cl2N4O6P. The number of fused-ring (bicyclic) bond motifs is 2. The molecule has 4 rings (SSSR count). The van der Waals surface area contributed by atoms with Crippen molar-refractivity contribution in [3.8, 4) is 0 Å². The number of pyridine rings is 4. The third-order valence-corrected chi connectivity index (χ3v) is 5.69. The SMILES string of the molecule is C.CCOC(=O)c1cn(CC)c2cnc(Cl)cc2c1=O.CCn1cc(C(=O)O)c(=O)c2cc(Cl)ncc21.P. The van der Waals surface area contributed by atoms with E-state index in [9.17, 15) is 19.2 Å². The minimum absolute atomic E-state index is 0. The van der Waals surface area contributed by atoms with Gasteiger partial charge in [0.05, 0.1) is 40.8 Å². The molecule has 0 saturated carbocycles. The minimum atomic E-state index is -1.24. The first-order valence-electron chi connectivity index (χ1n) is 10.9. The lowest BCUT2D eigenvalue weighted by atomic mass is 10.1. The van der Waals surface area contributed by atoms with Crippen LogP contribution in [0.2, 0.25) is 10.3 Å². The maximum Gasteiger partial charge on any atom is 0.343 e. The molecule has 0 fully saturated rings. The molecule has 204 valence electrons. The van der Waals surface area contributed by atoms with Crippen LogP contribution in [0.4, 0.5) is 0 Å². The molecule has 10 nitrogen and oxygen atoms in total. The van der Waals surface area contributed by atoms with Crippen molar-refractivity contribution in [1.29, 1.82) is 0 Å². The van der Waals surface area contributed by atoms with Crippen molar-refractivity contribution in [2.45, 2.75) is 41.3 Å². The van der Waals surface area contributed by atoms with Crippen molar-refractivity contribution in [1.82, 2.24) is 19.1 Å². The topological polar surface area (TPSA) is 133 Å². The van der Waals surface area contributed by atoms with E-state index >= 15 is 0 Å². The Bertz CT molecular complexity index is 1600. The van der Waals surface area contributed by atoms with E-state index in [2.05, 4.69) is 9.97 Å². The van der Waals surface area contributed by atoms with Crippen LogP contribution in [0.5, 0.6) is 0 Å². The molecule has 38 heavy (non-hydrogen) atoms. The van der Waals surface area contributed by atoms with Gasteiger partial charge in [-0.05, 0) is 32.9 Å². The second-order valence-corrected chi connectivity index (χ2v) is 8.16. The Morgan fingerprint density at radius 3 is 1.68 bits per heavy atom. The molecule has 4 heterocycles. The summed E-state index contributed by atoms with van der Waals surface area (Å²) in [5, 5.41) is 9.97. The third-order valence-electron chi connectivity index (χ3n) is 5.27. The summed E-state index contributed by atoms with van der Waals surface area (Å²) in [7, 11) is 0. The van der Waals surface area contributed by atoms with Crippen LogP contribution < -0.4 is 10.9 Å². The average molecular weight is 583 g/mol. The number of ether oxygens (including phenoxy) is 1. The number of nitrogens with zero attached hydrogens (tertiary/aromatic N) is 4. The Hall–Kier alpha value is -3.33. The zero-order chi connectivity index (χ0) is 26.6. The van der Waals surface area contributed by atoms with Crippen LogP contribution in [-0.2, 0) is 17.8 Å². The van der Waals surface area contributed by atoms with Gasteiger partial charge in [-0.1, -0.05) is 30.6 Å². The Morgan fingerprint density at radius 1 is 0.868 bits per heavy atom. The lowest BCUT2D eigenvalue weighted by Gasteiger charge is -2.10. The van der Waals surface area contributed by atoms with Gasteiger partial charge in [0.2, 0.25) is 10.9 Å². The fourth-order valence-corrected chi connectivity index (χ4v) is 3.87. The summed E-state index contributed by atoms with van der Waals surface area (Å²) in [6.45, 7) is 6.82. The normalized spacial score (nSPS) is 10.1. The zero-order valence-corrected chi connectivity index (χ0v) is 23.3. The standard InChI is InChI=1S/C13H13ClN2O3.C11H9ClN2O3.CH4.H3P/c1-3-16-7-9(13(18)19-4-2)12(17)8-5-11(14)15-6-10(8)16;1-2-14-5-7(11(16)17)10(15)6-3-9(12)13-4-8(6)14;;/h5-7H,3-4H2,1-2H3;3-5H,2H2,1H3,(H,16,17);1H4;1H3. The van der Waals surface area contributed by atoms with Crippen LogP contribution in [0, 0.1) is 0 Å². The van der Waals surface area contributed by atoms with Gasteiger partial charge in [0.25, 0.3) is 0 Å². The van der Waals surface area contributed by atoms with E-state index in [0.717, 1.165) is 0 Å². The number of aromatic nitrogens is 4. The Labute approximate surface area is 231 Å². The highest BCUT2D eigenvalue weighted by Crippen LogP contribution is 2.16. The van der Waals surface area contributed by atoms with Crippen molar-refractivity contribution in [3.63, 3.8) is 0 Å². The Morgan fingerprint density at radius 2 is 1.29 bits per heavy atom. The predicted octanol–water partition coefficient (Wildman–Crippen LogP) is 4.71. The van der Waals surface area contributed by atoms with Crippen LogP contribution in [0.25, 0.3) is 21.8 Å². The summed E-state index contributed by atoms with van der Waals surface area (Å²) < 4.78 is 8.31. The summed E-state index contributed by atoms with van der Waals surface area (Å²) in [5.41, 5.74) is 0.0425. The van der Waals surface area contributed by atoms with Crippen molar-refractivity contribution in [2.75, 3.05) is 6.61 Å². The molecule has 0 amide bonds. The fourth-order valence-electron chi connectivity index (χ4n) is 3.55. The molecule has 0 bridgehead atoms. The molecule has 1 atom stereocenters. The van der Waals surface area contributed by atoms with E-state index in [1.54, 1.807) is 16.1 Å². The summed E-state index contributed by atoms with van der Waals surface area (Å²) in [6.07, 6.45) is 5.81. The van der Waals surface area contributed by atoms with Gasteiger partial charge in [-0.3, -0.25) is 9.59 Å². The van der Waals surface area contributed by atoms with Gasteiger partial charge in [-0.2, -0.15) is 9.90 Å². The molecule has 0 spiro atoms. The van der Waals surface area contributed by atoms with Crippen LogP contribution >= 0.6 is 33.1 Å². The molecule has 0 aliphatic rings. The number of hydrogen-bond donors (Lipinski definition) is 1. The number of carbonyl (C=O) groups excluding carboxylic acids is 1.